The van der Waals surface area contributed by atoms with Gasteiger partial charge in [0.15, 0.2) is 11.7 Å². The summed E-state index contributed by atoms with van der Waals surface area (Å²) in [5.74, 6) is -8.97. The number of anilines is 1. The molecule has 432 valence electrons. The molecule has 27 heteroatoms. The van der Waals surface area contributed by atoms with E-state index >= 15 is 0 Å². The molecule has 0 spiro atoms. The smallest absolute Gasteiger partial charge is 0.305 e. The molecule has 0 aliphatic carbocycles. The molecule has 26 nitrogen and oxygen atoms in total. The summed E-state index contributed by atoms with van der Waals surface area (Å²) in [5.41, 5.74) is 13.3. The van der Waals surface area contributed by atoms with Crippen LogP contribution in [0.2, 0.25) is 0 Å². The van der Waals surface area contributed by atoms with E-state index in [2.05, 4.69) is 51.8 Å². The number of amides is 6. The molecule has 0 saturated heterocycles. The van der Waals surface area contributed by atoms with Crippen LogP contribution >= 0.6 is 0 Å². The van der Waals surface area contributed by atoms with Crippen molar-refractivity contribution in [3.8, 4) is 5.75 Å². The van der Waals surface area contributed by atoms with E-state index in [4.69, 9.17) is 11.5 Å². The molecule has 3 aromatic rings. The number of guanidine groups is 1. The Morgan fingerprint density at radius 2 is 1.14 bits per heavy atom. The number of phenolic OH excluding ortho intramolecular Hbond substituents is 1. The van der Waals surface area contributed by atoms with Crippen molar-refractivity contribution in [2.75, 3.05) is 25.5 Å². The van der Waals surface area contributed by atoms with Gasteiger partial charge in [-0.25, -0.2) is 8.42 Å². The number of carbonyl (C=O) groups is 8. The number of rotatable bonds is 31. The second-order valence-electron chi connectivity index (χ2n) is 19.8. The molecule has 0 aliphatic rings. The number of aliphatic hydroxyl groups excluding tert-OH is 1. The predicted octanol–water partition coefficient (Wildman–Crippen LogP) is 0.892. The van der Waals surface area contributed by atoms with Crippen LogP contribution in [-0.2, 0) is 54.8 Å². The first-order valence-corrected chi connectivity index (χ1v) is 26.8. The maximum absolute atomic E-state index is 14.3. The van der Waals surface area contributed by atoms with Crippen molar-refractivity contribution in [2.24, 2.45) is 38.5 Å². The normalized spacial score (nSPS) is 14.5. The Hall–Kier alpha value is -8.04. The van der Waals surface area contributed by atoms with Crippen LogP contribution in [0.15, 0.2) is 92.9 Å². The number of ketones is 1. The van der Waals surface area contributed by atoms with Gasteiger partial charge in [0.1, 0.15) is 48.0 Å². The molecule has 79 heavy (non-hydrogen) atoms. The van der Waals surface area contributed by atoms with Gasteiger partial charge in [-0.3, -0.25) is 43.3 Å². The van der Waals surface area contributed by atoms with E-state index in [-0.39, 0.29) is 54.8 Å². The number of hydrogen-bond donors (Lipinski definition) is 12. The quantitative estimate of drug-likeness (QED) is 0.0184. The van der Waals surface area contributed by atoms with E-state index in [1.165, 1.54) is 62.4 Å². The number of aliphatic hydroxyl groups is 1. The highest BCUT2D eigenvalue weighted by Crippen LogP contribution is 2.23. The fraction of sp³-hybridized carbons (Fsp3) is 0.481. The number of aromatic hydroxyl groups is 1. The molecule has 0 aliphatic heterocycles. The number of nitrogens with zero attached hydrogens (tertiary/aromatic N) is 4. The van der Waals surface area contributed by atoms with Crippen molar-refractivity contribution in [1.29, 1.82) is 0 Å². The zero-order valence-electron chi connectivity index (χ0n) is 45.7. The van der Waals surface area contributed by atoms with Gasteiger partial charge in [-0.15, -0.1) is 0 Å². The van der Waals surface area contributed by atoms with Crippen LogP contribution in [0.1, 0.15) is 79.7 Å². The Morgan fingerprint density at radius 1 is 0.633 bits per heavy atom. The summed E-state index contributed by atoms with van der Waals surface area (Å²) < 4.78 is 30.3. The van der Waals surface area contributed by atoms with Crippen molar-refractivity contribution in [1.82, 2.24) is 36.6 Å². The van der Waals surface area contributed by atoms with Gasteiger partial charge in [0.2, 0.25) is 45.5 Å². The zero-order chi connectivity index (χ0) is 59.3. The Morgan fingerprint density at radius 3 is 1.65 bits per heavy atom. The minimum Gasteiger partial charge on any atom is -0.508 e. The van der Waals surface area contributed by atoms with Crippen molar-refractivity contribution < 1.29 is 62.1 Å². The summed E-state index contributed by atoms with van der Waals surface area (Å²) in [6.07, 6.45) is -2.52. The molecule has 8 atom stereocenters. The van der Waals surface area contributed by atoms with Crippen LogP contribution < -0.4 is 53.0 Å². The fourth-order valence-electron chi connectivity index (χ4n) is 7.61. The lowest BCUT2D eigenvalue weighted by molar-refractivity contribution is -0.141. The van der Waals surface area contributed by atoms with Crippen molar-refractivity contribution >= 4 is 80.2 Å². The molecule has 3 rings (SSSR count). The lowest BCUT2D eigenvalue weighted by atomic mass is 9.99. The number of azo groups is 1. The number of sulfonamides is 1. The molecule has 1 unspecified atom stereocenters. The molecule has 6 amide bonds. The number of carbonyl (C=O) groups excluding carboxylic acids is 7. The number of benzene rings is 3. The largest absolute Gasteiger partial charge is 0.508 e. The molecule has 3 aromatic carbocycles. The summed E-state index contributed by atoms with van der Waals surface area (Å²) in [6, 6.07) is 8.10. The minimum absolute atomic E-state index is 0.0119. The summed E-state index contributed by atoms with van der Waals surface area (Å²) in [7, 11) is -0.661. The lowest BCUT2D eigenvalue weighted by Crippen LogP contribution is -2.61. The standard InChI is InChI=1S/C52H75N13O13S/c1-28(2)25-40(48(73)60-44(29(3)4)51(76)59-41(27-43(69)70)49(74)61-45(31(6)66)32(7)67)58-46(71)30(5)56-47(72)39(11-10-24-55-52(53)54)57-50(75)42(26-33-12-20-37(68)21-13-33)64-79(77,78)38-22-16-35(17-23-38)63-62-34-14-18-36(19-15-34)65(8)9/h12-23,28-31,39-42,44-45,64,66,68H,10-11,24-27H2,1-9H3,(H,56,72)(H,57,75)(H,58,71)(H,59,76)(H,60,73)(H,61,74)(H,69,70)(H4,53,54,55)/t30-,31?,39-,40-,41-,42-,44-,45-/m0/s1. The van der Waals surface area contributed by atoms with Gasteiger partial charge in [-0.2, -0.15) is 15.0 Å². The maximum Gasteiger partial charge on any atom is 0.305 e. The third-order valence-electron chi connectivity index (χ3n) is 11.9. The van der Waals surface area contributed by atoms with Gasteiger partial charge in [0, 0.05) is 26.3 Å². The highest BCUT2D eigenvalue weighted by Gasteiger charge is 2.36. The first-order valence-electron chi connectivity index (χ1n) is 25.3. The van der Waals surface area contributed by atoms with Gasteiger partial charge < -0.3 is 63.6 Å². The van der Waals surface area contributed by atoms with E-state index in [0.717, 1.165) is 12.6 Å². The van der Waals surface area contributed by atoms with Crippen LogP contribution in [-0.4, -0.2) is 146 Å². The molecular formula is C52H75N13O13S. The second-order valence-corrected chi connectivity index (χ2v) is 21.5. The zero-order valence-corrected chi connectivity index (χ0v) is 46.5. The van der Waals surface area contributed by atoms with Gasteiger partial charge >= 0.3 is 5.97 Å². The SMILES string of the molecule is CC(=O)[C@@H](NC(=O)[C@H](CC(=O)O)NC(=O)[C@@H](NC(=O)[C@H](CC(C)C)NC(=O)[C@H](C)NC(=O)[C@H](CCCN=C(N)N)NC(=O)[C@H](Cc1ccc(O)cc1)NS(=O)(=O)c1ccc(N=Nc2ccc(N(C)C)cc2)cc1)C(C)C)C(C)O. The average Bonchev–Trinajstić information content (AvgIpc) is 3.37. The fourth-order valence-corrected chi connectivity index (χ4v) is 8.81. The number of nitrogens with two attached hydrogens (primary N) is 2. The van der Waals surface area contributed by atoms with Crippen molar-refractivity contribution in [3.63, 3.8) is 0 Å². The van der Waals surface area contributed by atoms with Crippen molar-refractivity contribution in [2.45, 2.75) is 134 Å². The number of carboxylic acids is 1. The van der Waals surface area contributed by atoms with Gasteiger partial charge in [0.05, 0.1) is 28.8 Å². The van der Waals surface area contributed by atoms with E-state index in [9.17, 15) is 62.1 Å². The predicted molar refractivity (Wildman–Crippen MR) is 293 cm³/mol. The van der Waals surface area contributed by atoms with Crippen LogP contribution in [0.3, 0.4) is 0 Å². The highest BCUT2D eigenvalue weighted by atomic mass is 32.2. The molecular weight excluding hydrogens is 1050 g/mol. The monoisotopic (exact) mass is 1120 g/mol. The maximum atomic E-state index is 14.3. The van der Waals surface area contributed by atoms with Gasteiger partial charge in [-0.1, -0.05) is 39.8 Å². The minimum atomic E-state index is -4.46. The molecule has 14 N–H and O–H groups in total. The number of Topliss-reactive ketones (excluding diaryl/α,β-unsaturated/α-hetero) is 1. The van der Waals surface area contributed by atoms with Crippen LogP contribution in [0.25, 0.3) is 0 Å². The summed E-state index contributed by atoms with van der Waals surface area (Å²) >= 11 is 0. The second kappa shape index (κ2) is 30.8. The number of aliphatic carboxylic acids is 1. The van der Waals surface area contributed by atoms with E-state index in [0.29, 0.717) is 16.9 Å². The first kappa shape index (κ1) is 65.2. The van der Waals surface area contributed by atoms with E-state index in [1.807, 2.05) is 31.1 Å². The Labute approximate surface area is 459 Å². The summed E-state index contributed by atoms with van der Waals surface area (Å²) in [5, 5.41) is 52.7. The summed E-state index contributed by atoms with van der Waals surface area (Å²) in [6.45, 7) is 10.3. The molecule has 0 bridgehead atoms. The molecule has 0 radical (unpaired) electrons. The van der Waals surface area contributed by atoms with Gasteiger partial charge in [-0.05, 0) is 125 Å². The van der Waals surface area contributed by atoms with Crippen LogP contribution in [0.5, 0.6) is 5.75 Å². The molecule has 0 fully saturated rings. The third kappa shape index (κ3) is 22.1. The number of carboxylic acid groups (broad SMARTS) is 1. The molecule has 0 aromatic heterocycles. The number of hydrogen-bond acceptors (Lipinski definition) is 16. The average molecular weight is 1120 g/mol. The van der Waals surface area contributed by atoms with Crippen LogP contribution in [0.4, 0.5) is 17.1 Å². The van der Waals surface area contributed by atoms with E-state index in [1.54, 1.807) is 39.8 Å². The van der Waals surface area contributed by atoms with Crippen molar-refractivity contribution in [3.05, 3.63) is 78.4 Å². The first-order chi connectivity index (χ1) is 37.0. The number of nitrogens with one attached hydrogen (secondary N) is 7. The van der Waals surface area contributed by atoms with E-state index < -0.39 is 118 Å². The Bertz CT molecular complexity index is 2750. The molecule has 0 heterocycles. The third-order valence-corrected chi connectivity index (χ3v) is 13.4. The number of phenols is 1. The highest BCUT2D eigenvalue weighted by molar-refractivity contribution is 7.89. The topological polar surface area (TPSA) is 408 Å². The Kier molecular flexibility index (Phi) is 25.4. The summed E-state index contributed by atoms with van der Waals surface area (Å²) in [4.78, 5) is 112. The molecule has 0 saturated carbocycles. The van der Waals surface area contributed by atoms with Crippen LogP contribution in [0, 0.1) is 11.8 Å². The Balaban J connectivity index is 1.85. The van der Waals surface area contributed by atoms with Gasteiger partial charge in [0.25, 0.3) is 0 Å². The lowest BCUT2D eigenvalue weighted by Gasteiger charge is -2.29. The number of aliphatic imine (C=N–C) groups is 1.